The molecule has 2 amide bonds. The van der Waals surface area contributed by atoms with Crippen molar-refractivity contribution in [2.24, 2.45) is 10.6 Å². The number of aliphatic hydroxyl groups excluding tert-OH is 1. The summed E-state index contributed by atoms with van der Waals surface area (Å²) in [4.78, 5) is 48.5. The zero-order valence-corrected chi connectivity index (χ0v) is 21.8. The Balaban J connectivity index is 0.00000361. The van der Waals surface area contributed by atoms with Gasteiger partial charge in [-0.05, 0) is 16.8 Å². The zero-order valence-electron chi connectivity index (χ0n) is 18.6. The van der Waals surface area contributed by atoms with E-state index in [-0.39, 0.29) is 54.3 Å². The van der Waals surface area contributed by atoms with Crippen LogP contribution in [0.2, 0.25) is 0 Å². The van der Waals surface area contributed by atoms with E-state index in [1.165, 1.54) is 23.8 Å². The number of nitrogens with zero attached hydrogens (tertiary/aromatic N) is 6. The van der Waals surface area contributed by atoms with Crippen molar-refractivity contribution in [2.75, 3.05) is 31.7 Å². The molecule has 2 aliphatic rings. The van der Waals surface area contributed by atoms with Crippen LogP contribution in [0.25, 0.3) is 0 Å². The number of aliphatic hydroxyl groups is 1. The molecule has 0 spiro atoms. The monoisotopic (exact) mass is 579 g/mol. The number of hydrogen-bond acceptors (Lipinski definition) is 14. The van der Waals surface area contributed by atoms with E-state index in [4.69, 9.17) is 10.6 Å². The molecule has 196 valence electrons. The Kier molecular flexibility index (Phi) is 8.98. The van der Waals surface area contributed by atoms with Crippen LogP contribution in [-0.2, 0) is 19.2 Å². The molecule has 6 N–H and O–H groups in total. The summed E-state index contributed by atoms with van der Waals surface area (Å²) in [6, 6.07) is -0.875. The summed E-state index contributed by atoms with van der Waals surface area (Å²) in [7, 11) is 1.28. The molecular formula is C17H22ClN9O6S3. The summed E-state index contributed by atoms with van der Waals surface area (Å²) in [5, 5.41) is 40.5. The predicted molar refractivity (Wildman–Crippen MR) is 133 cm³/mol. The van der Waals surface area contributed by atoms with Gasteiger partial charge in [-0.15, -0.1) is 40.6 Å². The van der Waals surface area contributed by atoms with Crippen molar-refractivity contribution in [3.05, 3.63) is 11.1 Å². The highest BCUT2D eigenvalue weighted by Gasteiger charge is 2.60. The second kappa shape index (κ2) is 11.6. The van der Waals surface area contributed by atoms with E-state index in [0.717, 1.165) is 23.1 Å². The van der Waals surface area contributed by atoms with Gasteiger partial charge in [0.05, 0.1) is 0 Å². The summed E-state index contributed by atoms with van der Waals surface area (Å²) in [6.07, 6.45) is 0.151. The number of aliphatic carboxylic acids is 1. The lowest BCUT2D eigenvalue weighted by Gasteiger charge is -2.55. The van der Waals surface area contributed by atoms with Gasteiger partial charge < -0.3 is 31.0 Å². The number of carboxylic acid groups (broad SMARTS) is 1. The Morgan fingerprint density at radius 3 is 2.89 bits per heavy atom. The molecule has 2 saturated heterocycles. The van der Waals surface area contributed by atoms with Crippen molar-refractivity contribution in [1.82, 2.24) is 35.8 Å². The molecule has 2 fully saturated rings. The summed E-state index contributed by atoms with van der Waals surface area (Å²) >= 11 is 3.47. The largest absolute Gasteiger partial charge is 0.481 e. The van der Waals surface area contributed by atoms with E-state index >= 15 is 0 Å². The fourth-order valence-electron chi connectivity index (χ4n) is 3.86. The Labute approximate surface area is 222 Å². The molecule has 0 aromatic carbocycles. The van der Waals surface area contributed by atoms with Crippen molar-refractivity contribution in [2.45, 2.75) is 28.2 Å². The second-order valence-electron chi connectivity index (χ2n) is 7.60. The minimum atomic E-state index is -1.37. The van der Waals surface area contributed by atoms with Gasteiger partial charge in [0.2, 0.25) is 11.1 Å². The average Bonchev–Trinajstić information content (AvgIpc) is 3.51. The Morgan fingerprint density at radius 1 is 1.53 bits per heavy atom. The normalized spacial score (nSPS) is 24.2. The molecule has 2 aliphatic heterocycles. The number of amides is 2. The number of nitrogens with one attached hydrogen (secondary N) is 2. The number of hydrogen-bond donors (Lipinski definition) is 5. The first-order valence-corrected chi connectivity index (χ1v) is 12.9. The molecule has 0 bridgehead atoms. The number of nitrogens with two attached hydrogens (primary N) is 1. The molecule has 3 unspecified atom stereocenters. The zero-order chi connectivity index (χ0) is 25.2. The van der Waals surface area contributed by atoms with Crippen LogP contribution >= 0.6 is 47.3 Å². The number of halogens is 1. The first kappa shape index (κ1) is 27.9. The van der Waals surface area contributed by atoms with Crippen molar-refractivity contribution in [3.63, 3.8) is 0 Å². The minimum absolute atomic E-state index is 0. The number of oxime groups is 1. The van der Waals surface area contributed by atoms with Crippen LogP contribution in [0.15, 0.2) is 15.7 Å². The molecular weight excluding hydrogens is 558 g/mol. The van der Waals surface area contributed by atoms with Crippen LogP contribution in [0.3, 0.4) is 0 Å². The molecule has 2 aromatic heterocycles. The molecule has 0 saturated carbocycles. The standard InChI is InChI=1S/C17H21N9O6S3.ClH/c1-32-23-9(7-4-33-15(18)19-7)11(28)20-10-12(29)26-5-17(14(30)31,6-34-13(10)26)8(2-3-27)35-16-21-24-25-22-16;/h4,8,10,13,27H,2-3,5-6H2,1H3,(H2,18,19)(H,20,28)(H,30,31)(H,21,22,24,25);1H/t8?,10?,13-,17?;/m1./s1. The van der Waals surface area contributed by atoms with Crippen molar-refractivity contribution >= 4 is 75.9 Å². The first-order chi connectivity index (χ1) is 16.8. The highest BCUT2D eigenvalue weighted by molar-refractivity contribution is 8.01. The summed E-state index contributed by atoms with van der Waals surface area (Å²) < 4.78 is 0. The number of anilines is 1. The number of carboxylic acids is 1. The SMILES string of the molecule is CON=C(C(=O)NC1C(=O)N2CC(C(=O)O)(C(CCO)Sc3nnn[nH]3)CS[C@H]12)c1csc(N)n1.Cl. The van der Waals surface area contributed by atoms with E-state index in [0.29, 0.717) is 5.16 Å². The summed E-state index contributed by atoms with van der Waals surface area (Å²) in [5.74, 6) is -2.05. The molecule has 0 radical (unpaired) electrons. The minimum Gasteiger partial charge on any atom is -0.481 e. The lowest BCUT2D eigenvalue weighted by Crippen LogP contribution is -2.75. The number of fused-ring (bicyclic) bond motifs is 1. The third kappa shape index (κ3) is 5.22. The van der Waals surface area contributed by atoms with Crippen LogP contribution in [0.1, 0.15) is 12.1 Å². The van der Waals surface area contributed by atoms with E-state index < -0.39 is 39.9 Å². The number of tetrazole rings is 1. The Morgan fingerprint density at radius 2 is 2.31 bits per heavy atom. The van der Waals surface area contributed by atoms with Crippen LogP contribution in [-0.4, -0.2) is 107 Å². The molecule has 4 rings (SSSR count). The van der Waals surface area contributed by atoms with E-state index in [2.05, 4.69) is 36.1 Å². The van der Waals surface area contributed by atoms with E-state index in [1.54, 1.807) is 5.38 Å². The highest BCUT2D eigenvalue weighted by Crippen LogP contribution is 2.48. The maximum absolute atomic E-state index is 13.0. The highest BCUT2D eigenvalue weighted by atomic mass is 35.5. The Bertz CT molecular complexity index is 1140. The second-order valence-corrected chi connectivity index (χ2v) is 10.8. The number of aromatic amines is 1. The molecule has 4 atom stereocenters. The molecule has 4 heterocycles. The van der Waals surface area contributed by atoms with Crippen LogP contribution in [0.5, 0.6) is 0 Å². The molecule has 0 aliphatic carbocycles. The number of thiazole rings is 1. The summed E-state index contributed by atoms with van der Waals surface area (Å²) in [6.45, 7) is -0.343. The maximum atomic E-state index is 13.0. The van der Waals surface area contributed by atoms with Crippen molar-refractivity contribution < 1.29 is 29.4 Å². The van der Waals surface area contributed by atoms with Crippen molar-refractivity contribution in [3.8, 4) is 0 Å². The number of nitrogen functional groups attached to an aromatic ring is 1. The first-order valence-electron chi connectivity index (χ1n) is 10.1. The van der Waals surface area contributed by atoms with Gasteiger partial charge in [-0.2, -0.15) is 0 Å². The van der Waals surface area contributed by atoms with E-state index in [1.807, 2.05) is 0 Å². The number of aromatic nitrogens is 5. The third-order valence-corrected chi connectivity index (χ3v) is 9.16. The molecule has 15 nitrogen and oxygen atoms in total. The van der Waals surface area contributed by atoms with Gasteiger partial charge in [0, 0.05) is 29.5 Å². The topological polar surface area (TPSA) is 222 Å². The van der Waals surface area contributed by atoms with Gasteiger partial charge in [-0.1, -0.05) is 16.9 Å². The van der Waals surface area contributed by atoms with Crippen LogP contribution in [0, 0.1) is 5.41 Å². The fourth-order valence-corrected chi connectivity index (χ4v) is 7.29. The van der Waals surface area contributed by atoms with Gasteiger partial charge in [-0.3, -0.25) is 14.4 Å². The number of carbonyl (C=O) groups excluding carboxylic acids is 2. The van der Waals surface area contributed by atoms with E-state index in [9.17, 15) is 24.6 Å². The molecule has 2 aromatic rings. The lowest BCUT2D eigenvalue weighted by atomic mass is 9.82. The van der Waals surface area contributed by atoms with Gasteiger partial charge in [-0.25, -0.2) is 10.1 Å². The summed E-state index contributed by atoms with van der Waals surface area (Å²) in [5.41, 5.74) is 4.35. The van der Waals surface area contributed by atoms with Crippen LogP contribution in [0.4, 0.5) is 5.13 Å². The van der Waals surface area contributed by atoms with Gasteiger partial charge in [0.15, 0.2) is 10.8 Å². The average molecular weight is 580 g/mol. The predicted octanol–water partition coefficient (Wildman–Crippen LogP) is -0.975. The van der Waals surface area contributed by atoms with Gasteiger partial charge >= 0.3 is 5.97 Å². The van der Waals surface area contributed by atoms with Gasteiger partial charge in [0.25, 0.3) is 5.91 Å². The number of β-lactam (4-membered cyclic amide) rings is 1. The quantitative estimate of drug-likeness (QED) is 0.0989. The maximum Gasteiger partial charge on any atom is 0.313 e. The Hall–Kier alpha value is -2.67. The fraction of sp³-hybridized carbons (Fsp3) is 0.529. The number of H-pyrrole nitrogens is 1. The smallest absolute Gasteiger partial charge is 0.313 e. The molecule has 36 heavy (non-hydrogen) atoms. The number of carbonyl (C=O) groups is 3. The number of thioether (sulfide) groups is 2. The molecule has 19 heteroatoms. The third-order valence-electron chi connectivity index (χ3n) is 5.57. The lowest BCUT2D eigenvalue weighted by molar-refractivity contribution is -0.158. The van der Waals surface area contributed by atoms with Crippen molar-refractivity contribution in [1.29, 1.82) is 0 Å². The van der Waals surface area contributed by atoms with Gasteiger partial charge in [0.1, 0.15) is 29.6 Å². The van der Waals surface area contributed by atoms with Crippen LogP contribution < -0.4 is 11.1 Å². The number of rotatable bonds is 10.